The molecule has 0 aliphatic carbocycles. The zero-order chi connectivity index (χ0) is 44.0. The number of amides is 4. The number of benzene rings is 3. The summed E-state index contributed by atoms with van der Waals surface area (Å²) in [6.45, 7) is 10.8. The van der Waals surface area contributed by atoms with E-state index in [4.69, 9.17) is 28.9 Å². The number of carbonyl (C=O) groups is 4. The summed E-state index contributed by atoms with van der Waals surface area (Å²) in [5.41, 5.74) is 7.90. The highest BCUT2D eigenvalue weighted by Crippen LogP contribution is 2.45. The van der Waals surface area contributed by atoms with Gasteiger partial charge in [0.15, 0.2) is 0 Å². The fourth-order valence-corrected chi connectivity index (χ4v) is 9.85. The first-order valence-corrected chi connectivity index (χ1v) is 21.7. The van der Waals surface area contributed by atoms with E-state index >= 15 is 0 Å². The molecule has 5 heterocycles. The first-order valence-electron chi connectivity index (χ1n) is 21.7. The molecular weight excluding hydrogens is 791 g/mol. The molecule has 7 atom stereocenters. The number of rotatable bonds is 11. The molecule has 328 valence electrons. The predicted molar refractivity (Wildman–Crippen MR) is 234 cm³/mol. The molecule has 3 aromatic carbocycles. The lowest BCUT2D eigenvalue weighted by Gasteiger charge is -2.32. The molecule has 1 aromatic heterocycles. The van der Waals surface area contributed by atoms with Gasteiger partial charge in [-0.3, -0.25) is 14.6 Å². The van der Waals surface area contributed by atoms with Gasteiger partial charge < -0.3 is 44.4 Å². The maximum absolute atomic E-state index is 14.2. The maximum atomic E-state index is 14.2. The molecule has 0 spiro atoms. The van der Waals surface area contributed by atoms with Gasteiger partial charge in [0, 0.05) is 37.4 Å². The molecule has 2 saturated heterocycles. The van der Waals surface area contributed by atoms with Crippen LogP contribution in [-0.4, -0.2) is 108 Å². The van der Waals surface area contributed by atoms with Gasteiger partial charge in [0.2, 0.25) is 11.8 Å². The third-order valence-corrected chi connectivity index (χ3v) is 13.1. The number of aliphatic imine (C=N–C) groups is 1. The molecule has 0 radical (unpaired) electrons. The fraction of sp³-hybridized carbons (Fsp3) is 0.489. The minimum absolute atomic E-state index is 0.0159. The van der Waals surface area contributed by atoms with Crippen molar-refractivity contribution in [2.24, 2.45) is 16.8 Å². The van der Waals surface area contributed by atoms with Gasteiger partial charge in [0.05, 0.1) is 50.0 Å². The third kappa shape index (κ3) is 7.86. The molecule has 3 N–H and O–H groups in total. The van der Waals surface area contributed by atoms with Crippen LogP contribution in [0, 0.1) is 11.8 Å². The summed E-state index contributed by atoms with van der Waals surface area (Å²) >= 11 is 0. The highest BCUT2D eigenvalue weighted by molar-refractivity contribution is 6.06. The fourth-order valence-electron chi connectivity index (χ4n) is 9.85. The Bertz CT molecular complexity index is 2420. The second-order valence-corrected chi connectivity index (χ2v) is 17.4. The highest BCUT2D eigenvalue weighted by atomic mass is 16.5. The van der Waals surface area contributed by atoms with Crippen LogP contribution in [0.25, 0.3) is 33.2 Å². The molecule has 4 aromatic rings. The van der Waals surface area contributed by atoms with Crippen molar-refractivity contribution in [3.8, 4) is 28.1 Å². The number of methoxy groups -OCH3 is 3. The van der Waals surface area contributed by atoms with Crippen molar-refractivity contribution in [2.75, 3.05) is 27.9 Å². The van der Waals surface area contributed by atoms with Crippen LogP contribution in [0.2, 0.25) is 0 Å². The van der Waals surface area contributed by atoms with Crippen molar-refractivity contribution in [1.29, 1.82) is 0 Å². The zero-order valence-corrected chi connectivity index (χ0v) is 36.7. The first kappa shape index (κ1) is 42.7. The van der Waals surface area contributed by atoms with Gasteiger partial charge in [-0.1, -0.05) is 45.9 Å². The van der Waals surface area contributed by atoms with Gasteiger partial charge in [0.25, 0.3) is 0 Å². The van der Waals surface area contributed by atoms with Crippen molar-refractivity contribution in [3.63, 3.8) is 0 Å². The summed E-state index contributed by atoms with van der Waals surface area (Å²) < 4.78 is 21.8. The molecule has 0 unspecified atom stereocenters. The molecule has 4 amide bonds. The van der Waals surface area contributed by atoms with Crippen LogP contribution in [0.3, 0.4) is 0 Å². The Labute approximate surface area is 361 Å². The number of hydrogen-bond donors (Lipinski definition) is 3. The zero-order valence-electron chi connectivity index (χ0n) is 36.7. The molecule has 2 fully saturated rings. The monoisotopic (exact) mass is 847 g/mol. The topological polar surface area (TPSA) is 177 Å². The average Bonchev–Trinajstić information content (AvgIpc) is 4.10. The number of ether oxygens (including phenoxy) is 4. The number of nitrogens with one attached hydrogen (secondary N) is 3. The van der Waals surface area contributed by atoms with Gasteiger partial charge in [-0.05, 0) is 102 Å². The normalized spacial score (nSPS) is 21.7. The van der Waals surface area contributed by atoms with Crippen molar-refractivity contribution in [1.82, 2.24) is 30.4 Å². The predicted octanol–water partition coefficient (Wildman–Crippen LogP) is 7.24. The van der Waals surface area contributed by atoms with E-state index in [0.29, 0.717) is 31.8 Å². The van der Waals surface area contributed by atoms with Crippen LogP contribution in [0.15, 0.2) is 53.7 Å². The Morgan fingerprint density at radius 1 is 0.919 bits per heavy atom. The van der Waals surface area contributed by atoms with Gasteiger partial charge in [-0.25, -0.2) is 14.6 Å². The van der Waals surface area contributed by atoms with E-state index < -0.39 is 30.4 Å². The number of fused-ring (bicyclic) bond motifs is 6. The van der Waals surface area contributed by atoms with Crippen LogP contribution in [0.5, 0.6) is 5.75 Å². The maximum Gasteiger partial charge on any atom is 0.407 e. The van der Waals surface area contributed by atoms with Gasteiger partial charge in [0.1, 0.15) is 30.3 Å². The molecule has 4 aliphatic heterocycles. The quantitative estimate of drug-likeness (QED) is 0.141. The first-order chi connectivity index (χ1) is 29.8. The second kappa shape index (κ2) is 17.4. The van der Waals surface area contributed by atoms with Gasteiger partial charge in [-0.15, -0.1) is 0 Å². The summed E-state index contributed by atoms with van der Waals surface area (Å²) in [4.78, 5) is 69.6. The van der Waals surface area contributed by atoms with Crippen LogP contribution in [-0.2, 0) is 36.8 Å². The summed E-state index contributed by atoms with van der Waals surface area (Å²) in [7, 11) is 4.12. The lowest BCUT2D eigenvalue weighted by molar-refractivity contribution is -0.138. The van der Waals surface area contributed by atoms with E-state index in [1.54, 1.807) is 7.11 Å². The molecule has 15 heteroatoms. The Morgan fingerprint density at radius 2 is 1.68 bits per heavy atom. The summed E-state index contributed by atoms with van der Waals surface area (Å²) in [5.74, 6) is 1.29. The Hall–Kier alpha value is -5.96. The second-order valence-electron chi connectivity index (χ2n) is 17.4. The number of nitrogens with zero attached hydrogens (tertiary/aromatic N) is 4. The molecule has 15 nitrogen and oxygen atoms in total. The van der Waals surface area contributed by atoms with Crippen LogP contribution < -0.4 is 15.4 Å². The average molecular weight is 848 g/mol. The number of aromatic nitrogens is 2. The summed E-state index contributed by atoms with van der Waals surface area (Å²) in [6, 6.07) is 12.7. The highest BCUT2D eigenvalue weighted by Gasteiger charge is 2.44. The van der Waals surface area contributed by atoms with E-state index in [1.807, 2.05) is 43.7 Å². The van der Waals surface area contributed by atoms with Crippen LogP contribution >= 0.6 is 0 Å². The lowest BCUT2D eigenvalue weighted by Crippen LogP contribution is -2.56. The summed E-state index contributed by atoms with van der Waals surface area (Å²) in [6.07, 6.45) is 3.49. The number of alkyl carbamates (subject to hydrolysis) is 2. The Kier molecular flexibility index (Phi) is 12.0. The smallest absolute Gasteiger partial charge is 0.407 e. The number of aromatic amines is 1. The van der Waals surface area contributed by atoms with Gasteiger partial charge >= 0.3 is 12.2 Å². The molecule has 0 bridgehead atoms. The van der Waals surface area contributed by atoms with E-state index in [-0.39, 0.29) is 41.8 Å². The number of H-pyrrole nitrogens is 1. The van der Waals surface area contributed by atoms with Crippen molar-refractivity contribution >= 4 is 46.2 Å². The Morgan fingerprint density at radius 3 is 2.39 bits per heavy atom. The van der Waals surface area contributed by atoms with Crippen molar-refractivity contribution in [2.45, 2.75) is 110 Å². The number of imidazole rings is 1. The van der Waals surface area contributed by atoms with Crippen molar-refractivity contribution < 1.29 is 38.1 Å². The molecule has 4 aliphatic rings. The standard InChI is InChI=1S/C47H57N7O8/c1-9-39(59-6)42(52-47(58)61-8)44(55)53-22-25(4)16-38(53)35-19-32-31-20-40-33(18-27(31)12-14-34(32)49-35)30-13-11-28(17-29(30)23-62-40)36-21-48-43(50-36)37-15-10-26(5)54(37)45(56)41(24(2)3)51-46(57)60-7/h11-14,17-18,20-21,24-26,37-39,41-42H,9-10,15-16,19,22-23H2,1-8H3,(H,48,50)(H,51,57)(H,52,58)/t25-,26-,37-,38-,39+,41-,42-/m0/s1. The third-order valence-electron chi connectivity index (χ3n) is 13.1. The van der Waals surface area contributed by atoms with Crippen LogP contribution in [0.4, 0.5) is 15.3 Å². The number of likely N-dealkylation sites (tertiary alicyclic amines) is 2. The minimum atomic E-state index is -0.888. The summed E-state index contributed by atoms with van der Waals surface area (Å²) in [5, 5.41) is 7.60. The van der Waals surface area contributed by atoms with E-state index in [9.17, 15) is 19.2 Å². The molecule has 62 heavy (non-hydrogen) atoms. The Balaban J connectivity index is 1.01. The number of hydrogen-bond acceptors (Lipinski definition) is 10. The van der Waals surface area contributed by atoms with E-state index in [1.165, 1.54) is 14.2 Å². The molecule has 0 saturated carbocycles. The van der Waals surface area contributed by atoms with Crippen molar-refractivity contribution in [3.05, 3.63) is 65.6 Å². The molecular formula is C47H57N7O8. The minimum Gasteiger partial charge on any atom is -0.488 e. The lowest BCUT2D eigenvalue weighted by atomic mass is 9.90. The van der Waals surface area contributed by atoms with Gasteiger partial charge in [-0.2, -0.15) is 0 Å². The number of carbonyl (C=O) groups excluding carboxylic acids is 4. The van der Waals surface area contributed by atoms with Crippen LogP contribution in [0.1, 0.15) is 83.3 Å². The van der Waals surface area contributed by atoms with E-state index in [0.717, 1.165) is 80.7 Å². The molecule has 8 rings (SSSR count). The largest absolute Gasteiger partial charge is 0.488 e. The SMILES string of the molecule is CC[C@@H](OC)[C@H](NC(=O)OC)C(=O)N1C[C@@H](C)C[C@H]1C1=Nc2ccc3cc4c(cc3c2C1)OCc1cc(-c2cnc([C@@H]3CC[C@H](C)N3C(=O)[C@@H](NC(=O)OC)C(C)C)[nH]2)ccc1-4. The van der Waals surface area contributed by atoms with E-state index in [2.05, 4.69) is 65.0 Å².